The van der Waals surface area contributed by atoms with Gasteiger partial charge in [0.1, 0.15) is 0 Å². The highest BCUT2D eigenvalue weighted by atomic mass is 35.5. The maximum atomic E-state index is 13.5. The first-order chi connectivity index (χ1) is 18.3. The number of carbonyl (C=O) groups is 2. The van der Waals surface area contributed by atoms with Gasteiger partial charge in [-0.2, -0.15) is 0 Å². The fourth-order valence-electron chi connectivity index (χ4n) is 6.35. The number of hydrogen-bond acceptors (Lipinski definition) is 4. The Hall–Kier alpha value is -2.57. The average molecular weight is 538 g/mol. The third kappa shape index (κ3) is 5.57. The lowest BCUT2D eigenvalue weighted by atomic mass is 9.81. The van der Waals surface area contributed by atoms with E-state index in [2.05, 4.69) is 4.90 Å². The molecule has 0 radical (unpaired) electrons. The van der Waals surface area contributed by atoms with E-state index in [1.807, 2.05) is 53.4 Å². The van der Waals surface area contributed by atoms with Crippen molar-refractivity contribution in [2.45, 2.75) is 50.5 Å². The Morgan fingerprint density at radius 1 is 0.921 bits per heavy atom. The van der Waals surface area contributed by atoms with Crippen LogP contribution in [0.1, 0.15) is 60.9 Å². The standard InChI is InChI=1S/C31H40ClN3O3/c1-33(2)29(36)27-11-10-26(21-28(27)32)34-16-12-22(13-17-34)20-23-14-18-35(19-15-23)30(37)31(38,25-8-9-25)24-6-4-3-5-7-24/h3-7,10-11,21-23,25,38H,8-9,12-20H2,1-2H3. The lowest BCUT2D eigenvalue weighted by Gasteiger charge is -2.40. The first-order valence-electron chi connectivity index (χ1n) is 14.1. The van der Waals surface area contributed by atoms with Gasteiger partial charge in [0, 0.05) is 51.9 Å². The summed E-state index contributed by atoms with van der Waals surface area (Å²) in [5.41, 5.74) is 0.986. The largest absolute Gasteiger partial charge is 0.375 e. The molecule has 2 aliphatic heterocycles. The van der Waals surface area contributed by atoms with Crippen molar-refractivity contribution < 1.29 is 14.7 Å². The molecule has 0 spiro atoms. The molecule has 7 heteroatoms. The van der Waals surface area contributed by atoms with Crippen molar-refractivity contribution in [3.05, 3.63) is 64.7 Å². The summed E-state index contributed by atoms with van der Waals surface area (Å²) in [5, 5.41) is 12.1. The average Bonchev–Trinajstić information content (AvgIpc) is 3.79. The van der Waals surface area contributed by atoms with Crippen LogP contribution in [0.3, 0.4) is 0 Å². The van der Waals surface area contributed by atoms with Crippen LogP contribution in [0.2, 0.25) is 5.02 Å². The van der Waals surface area contributed by atoms with Crippen LogP contribution in [0.25, 0.3) is 0 Å². The highest BCUT2D eigenvalue weighted by molar-refractivity contribution is 6.34. The molecular formula is C31H40ClN3O3. The molecule has 1 aliphatic carbocycles. The summed E-state index contributed by atoms with van der Waals surface area (Å²) in [6.07, 6.45) is 7.35. The van der Waals surface area contributed by atoms with Crippen molar-refractivity contribution in [1.29, 1.82) is 0 Å². The Morgan fingerprint density at radius 2 is 1.53 bits per heavy atom. The van der Waals surface area contributed by atoms with Gasteiger partial charge in [-0.15, -0.1) is 0 Å². The smallest absolute Gasteiger partial charge is 0.259 e. The zero-order valence-electron chi connectivity index (χ0n) is 22.6. The molecule has 204 valence electrons. The van der Waals surface area contributed by atoms with Crippen molar-refractivity contribution in [3.63, 3.8) is 0 Å². The number of piperidine rings is 2. The molecule has 3 fully saturated rings. The minimum atomic E-state index is -1.37. The van der Waals surface area contributed by atoms with Crippen molar-refractivity contribution in [2.75, 3.05) is 45.2 Å². The second-order valence-corrected chi connectivity index (χ2v) is 12.1. The fraction of sp³-hybridized carbons (Fsp3) is 0.548. The van der Waals surface area contributed by atoms with E-state index in [9.17, 15) is 14.7 Å². The zero-order valence-corrected chi connectivity index (χ0v) is 23.4. The number of likely N-dealkylation sites (tertiary alicyclic amines) is 1. The van der Waals surface area contributed by atoms with Crippen LogP contribution in [0.15, 0.2) is 48.5 Å². The van der Waals surface area contributed by atoms with Gasteiger partial charge >= 0.3 is 0 Å². The van der Waals surface area contributed by atoms with Gasteiger partial charge in [0.25, 0.3) is 11.8 Å². The molecule has 6 nitrogen and oxygen atoms in total. The van der Waals surface area contributed by atoms with Gasteiger partial charge in [-0.3, -0.25) is 9.59 Å². The number of halogens is 1. The van der Waals surface area contributed by atoms with Gasteiger partial charge in [0.2, 0.25) is 0 Å². The molecule has 1 N–H and O–H groups in total. The summed E-state index contributed by atoms with van der Waals surface area (Å²) in [6.45, 7) is 3.46. The van der Waals surface area contributed by atoms with E-state index in [4.69, 9.17) is 11.6 Å². The SMILES string of the molecule is CN(C)C(=O)c1ccc(N2CCC(CC3CCN(C(=O)C(O)(c4ccccc4)C4CC4)CC3)CC2)cc1Cl. The van der Waals surface area contributed by atoms with Gasteiger partial charge in [-0.1, -0.05) is 41.9 Å². The van der Waals surface area contributed by atoms with E-state index >= 15 is 0 Å². The zero-order chi connectivity index (χ0) is 26.9. The molecule has 2 amide bonds. The van der Waals surface area contributed by atoms with Crippen LogP contribution < -0.4 is 4.90 Å². The van der Waals surface area contributed by atoms with Gasteiger partial charge in [0.05, 0.1) is 10.6 Å². The lowest BCUT2D eigenvalue weighted by Crippen LogP contribution is -2.51. The third-order valence-electron chi connectivity index (χ3n) is 8.85. The van der Waals surface area contributed by atoms with Crippen molar-refractivity contribution >= 4 is 29.1 Å². The van der Waals surface area contributed by atoms with Crippen LogP contribution in [-0.4, -0.2) is 67.0 Å². The van der Waals surface area contributed by atoms with Gasteiger partial charge in [0.15, 0.2) is 5.60 Å². The van der Waals surface area contributed by atoms with E-state index in [1.54, 1.807) is 19.0 Å². The third-order valence-corrected chi connectivity index (χ3v) is 9.16. The first kappa shape index (κ1) is 27.0. The number of rotatable bonds is 7. The number of hydrogen-bond donors (Lipinski definition) is 1. The summed E-state index contributed by atoms with van der Waals surface area (Å²) in [4.78, 5) is 31.6. The molecule has 2 saturated heterocycles. The van der Waals surface area contributed by atoms with E-state index in [-0.39, 0.29) is 17.7 Å². The second-order valence-electron chi connectivity index (χ2n) is 11.7. The van der Waals surface area contributed by atoms with Crippen LogP contribution in [0.5, 0.6) is 0 Å². The molecular weight excluding hydrogens is 498 g/mol. The summed E-state index contributed by atoms with van der Waals surface area (Å²) in [6, 6.07) is 15.3. The predicted molar refractivity (Wildman–Crippen MR) is 151 cm³/mol. The predicted octanol–water partition coefficient (Wildman–Crippen LogP) is 5.18. The molecule has 1 unspecified atom stereocenters. The van der Waals surface area contributed by atoms with E-state index in [1.165, 1.54) is 6.42 Å². The van der Waals surface area contributed by atoms with Gasteiger partial charge in [-0.05, 0) is 80.5 Å². The Kier molecular flexibility index (Phi) is 8.01. The van der Waals surface area contributed by atoms with E-state index in [0.717, 1.165) is 76.0 Å². The Morgan fingerprint density at radius 3 is 2.08 bits per heavy atom. The molecule has 1 saturated carbocycles. The highest BCUT2D eigenvalue weighted by Crippen LogP contribution is 2.47. The summed E-state index contributed by atoms with van der Waals surface area (Å²) >= 11 is 6.44. The fourth-order valence-corrected chi connectivity index (χ4v) is 6.61. The molecule has 38 heavy (non-hydrogen) atoms. The number of amides is 2. The van der Waals surface area contributed by atoms with Crippen molar-refractivity contribution in [1.82, 2.24) is 9.80 Å². The molecule has 5 rings (SSSR count). The monoisotopic (exact) mass is 537 g/mol. The minimum absolute atomic E-state index is 0.0415. The number of aliphatic hydroxyl groups is 1. The molecule has 2 aromatic rings. The van der Waals surface area contributed by atoms with E-state index in [0.29, 0.717) is 22.4 Å². The minimum Gasteiger partial charge on any atom is -0.375 e. The Balaban J connectivity index is 1.11. The maximum Gasteiger partial charge on any atom is 0.259 e. The maximum absolute atomic E-state index is 13.5. The van der Waals surface area contributed by atoms with Crippen molar-refractivity contribution in [2.24, 2.45) is 17.8 Å². The molecule has 3 aliphatic rings. The number of benzene rings is 2. The Bertz CT molecular complexity index is 1140. The lowest BCUT2D eigenvalue weighted by molar-refractivity contribution is -0.156. The number of anilines is 1. The normalized spacial score (nSPS) is 20.7. The van der Waals surface area contributed by atoms with E-state index < -0.39 is 5.60 Å². The first-order valence-corrected chi connectivity index (χ1v) is 14.5. The number of carbonyl (C=O) groups excluding carboxylic acids is 2. The molecule has 0 bridgehead atoms. The van der Waals surface area contributed by atoms with Crippen LogP contribution in [-0.2, 0) is 10.4 Å². The van der Waals surface area contributed by atoms with Crippen molar-refractivity contribution in [3.8, 4) is 0 Å². The summed E-state index contributed by atoms with van der Waals surface area (Å²) < 4.78 is 0. The van der Waals surface area contributed by atoms with Gasteiger partial charge < -0.3 is 19.8 Å². The quantitative estimate of drug-likeness (QED) is 0.528. The van der Waals surface area contributed by atoms with Crippen LogP contribution in [0, 0.1) is 17.8 Å². The molecule has 0 aromatic heterocycles. The molecule has 2 aromatic carbocycles. The number of nitrogens with zero attached hydrogens (tertiary/aromatic N) is 3. The topological polar surface area (TPSA) is 64.1 Å². The van der Waals surface area contributed by atoms with Gasteiger partial charge in [-0.25, -0.2) is 0 Å². The second kappa shape index (κ2) is 11.3. The van der Waals surface area contributed by atoms with Crippen LogP contribution in [0.4, 0.5) is 5.69 Å². The highest BCUT2D eigenvalue weighted by Gasteiger charge is 2.52. The summed E-state index contributed by atoms with van der Waals surface area (Å²) in [7, 11) is 3.47. The van der Waals surface area contributed by atoms with Crippen LogP contribution >= 0.6 is 11.6 Å². The summed E-state index contributed by atoms with van der Waals surface area (Å²) in [5.74, 6) is 1.18. The molecule has 2 heterocycles. The molecule has 1 atom stereocenters. The Labute approximate surface area is 231 Å².